The third-order valence-corrected chi connectivity index (χ3v) is 5.75. The number of nitrogens with zero attached hydrogens (tertiary/aromatic N) is 1. The van der Waals surface area contributed by atoms with Crippen LogP contribution < -0.4 is 4.72 Å². The van der Waals surface area contributed by atoms with Gasteiger partial charge >= 0.3 is 0 Å². The highest BCUT2D eigenvalue weighted by atomic mass is 32.2. The summed E-state index contributed by atoms with van der Waals surface area (Å²) in [5.41, 5.74) is -0.823. The maximum Gasteiger partial charge on any atom is 0.279 e. The average Bonchev–Trinajstić information content (AvgIpc) is 2.75. The van der Waals surface area contributed by atoms with E-state index in [0.717, 1.165) is 25.7 Å². The zero-order valence-corrected chi connectivity index (χ0v) is 11.9. The minimum atomic E-state index is -3.41. The van der Waals surface area contributed by atoms with Gasteiger partial charge in [0.2, 0.25) is 0 Å². The van der Waals surface area contributed by atoms with E-state index >= 15 is 0 Å². The fraction of sp³-hybridized carbons (Fsp3) is 1.00. The second-order valence-electron chi connectivity index (χ2n) is 5.84. The number of piperidine rings is 1. The maximum atomic E-state index is 12.1. The van der Waals surface area contributed by atoms with E-state index in [4.69, 9.17) is 0 Å². The molecule has 0 radical (unpaired) electrons. The van der Waals surface area contributed by atoms with Crippen molar-refractivity contribution in [1.82, 2.24) is 9.03 Å². The summed E-state index contributed by atoms with van der Waals surface area (Å²) < 4.78 is 28.3. The second-order valence-corrected chi connectivity index (χ2v) is 7.59. The fourth-order valence-corrected chi connectivity index (χ4v) is 4.08. The van der Waals surface area contributed by atoms with Gasteiger partial charge in [-0.05, 0) is 31.6 Å². The van der Waals surface area contributed by atoms with Crippen LogP contribution in [-0.4, -0.2) is 43.1 Å². The first-order valence-electron chi connectivity index (χ1n) is 6.88. The smallest absolute Gasteiger partial charge is 0.279 e. The molecule has 0 unspecified atom stereocenters. The number of hydrogen-bond acceptors (Lipinski definition) is 3. The van der Waals surface area contributed by atoms with Gasteiger partial charge in [0.1, 0.15) is 0 Å². The maximum absolute atomic E-state index is 12.1. The van der Waals surface area contributed by atoms with Crippen LogP contribution in [0.25, 0.3) is 0 Å². The van der Waals surface area contributed by atoms with Gasteiger partial charge in [0.05, 0.1) is 5.60 Å². The molecule has 0 atom stereocenters. The molecule has 2 aliphatic rings. The van der Waals surface area contributed by atoms with Crippen LogP contribution in [0.1, 0.15) is 45.4 Å². The van der Waals surface area contributed by atoms with Crippen LogP contribution in [0.5, 0.6) is 0 Å². The minimum absolute atomic E-state index is 0.154. The Morgan fingerprint density at radius 1 is 1.28 bits per heavy atom. The van der Waals surface area contributed by atoms with Crippen molar-refractivity contribution < 1.29 is 13.5 Å². The van der Waals surface area contributed by atoms with Crippen LogP contribution in [0.15, 0.2) is 0 Å². The van der Waals surface area contributed by atoms with Crippen LogP contribution in [0.3, 0.4) is 0 Å². The van der Waals surface area contributed by atoms with Crippen molar-refractivity contribution in [3.05, 3.63) is 0 Å². The fourth-order valence-electron chi connectivity index (χ4n) is 2.75. The molecule has 5 nitrogen and oxygen atoms in total. The Kier molecular flexibility index (Phi) is 4.31. The Morgan fingerprint density at radius 2 is 1.83 bits per heavy atom. The van der Waals surface area contributed by atoms with Gasteiger partial charge in [-0.25, -0.2) is 0 Å². The SMILES string of the molecule is CC1CCN(S(=O)(=O)NCC2(O)CCCC2)CC1. The number of hydrogen-bond donors (Lipinski definition) is 2. The lowest BCUT2D eigenvalue weighted by atomic mass is 10.0. The summed E-state index contributed by atoms with van der Waals surface area (Å²) in [6.07, 6.45) is 5.22. The van der Waals surface area contributed by atoms with E-state index in [-0.39, 0.29) is 6.54 Å². The average molecular weight is 276 g/mol. The summed E-state index contributed by atoms with van der Waals surface area (Å²) >= 11 is 0. The Bertz CT molecular complexity index is 369. The molecule has 0 aromatic rings. The van der Waals surface area contributed by atoms with Gasteiger partial charge in [0.15, 0.2) is 0 Å². The lowest BCUT2D eigenvalue weighted by Crippen LogP contribution is -2.49. The molecule has 0 bridgehead atoms. The zero-order valence-electron chi connectivity index (χ0n) is 11.1. The van der Waals surface area contributed by atoms with Crippen molar-refractivity contribution in [3.8, 4) is 0 Å². The summed E-state index contributed by atoms with van der Waals surface area (Å²) in [5.74, 6) is 0.607. The van der Waals surface area contributed by atoms with Gasteiger partial charge < -0.3 is 5.11 Å². The van der Waals surface area contributed by atoms with Gasteiger partial charge in [-0.15, -0.1) is 0 Å². The largest absolute Gasteiger partial charge is 0.389 e. The van der Waals surface area contributed by atoms with Crippen LogP contribution in [0.2, 0.25) is 0 Å². The molecule has 0 amide bonds. The summed E-state index contributed by atoms with van der Waals surface area (Å²) in [6.45, 7) is 3.49. The lowest BCUT2D eigenvalue weighted by molar-refractivity contribution is 0.0526. The predicted octanol–water partition coefficient (Wildman–Crippen LogP) is 0.858. The molecule has 106 valence electrons. The monoisotopic (exact) mass is 276 g/mol. The first-order valence-corrected chi connectivity index (χ1v) is 8.32. The topological polar surface area (TPSA) is 69.6 Å². The van der Waals surface area contributed by atoms with Gasteiger partial charge in [0, 0.05) is 19.6 Å². The van der Waals surface area contributed by atoms with Crippen LogP contribution in [0, 0.1) is 5.92 Å². The third-order valence-electron chi connectivity index (χ3n) is 4.20. The number of nitrogens with one attached hydrogen (secondary N) is 1. The van der Waals surface area contributed by atoms with Crippen LogP contribution in [0.4, 0.5) is 0 Å². The molecular weight excluding hydrogens is 252 g/mol. The quantitative estimate of drug-likeness (QED) is 0.800. The molecule has 6 heteroatoms. The highest BCUT2D eigenvalue weighted by Crippen LogP contribution is 2.29. The minimum Gasteiger partial charge on any atom is -0.389 e. The molecule has 0 aromatic heterocycles. The standard InChI is InChI=1S/C12H24N2O3S/c1-11-4-8-14(9-5-11)18(16,17)13-10-12(15)6-2-3-7-12/h11,13,15H,2-10H2,1H3. The molecule has 1 saturated carbocycles. The van der Waals surface area contributed by atoms with E-state index in [9.17, 15) is 13.5 Å². The van der Waals surface area contributed by atoms with Crippen molar-refractivity contribution in [2.24, 2.45) is 5.92 Å². The van der Waals surface area contributed by atoms with Crippen molar-refractivity contribution in [1.29, 1.82) is 0 Å². The summed E-state index contributed by atoms with van der Waals surface area (Å²) in [4.78, 5) is 0. The van der Waals surface area contributed by atoms with Gasteiger partial charge in [-0.2, -0.15) is 17.4 Å². The highest BCUT2D eigenvalue weighted by molar-refractivity contribution is 7.87. The molecule has 1 aliphatic carbocycles. The first-order chi connectivity index (χ1) is 8.41. The summed E-state index contributed by atoms with van der Waals surface area (Å²) in [7, 11) is -3.41. The molecule has 2 N–H and O–H groups in total. The van der Waals surface area contributed by atoms with Crippen molar-refractivity contribution in [2.45, 2.75) is 51.0 Å². The van der Waals surface area contributed by atoms with Crippen LogP contribution >= 0.6 is 0 Å². The van der Waals surface area contributed by atoms with Crippen molar-refractivity contribution in [2.75, 3.05) is 19.6 Å². The van der Waals surface area contributed by atoms with E-state index in [1.54, 1.807) is 0 Å². The Labute approximate surface area is 110 Å². The normalized spacial score (nSPS) is 26.6. The lowest BCUT2D eigenvalue weighted by Gasteiger charge is -2.31. The van der Waals surface area contributed by atoms with Gasteiger partial charge in [-0.3, -0.25) is 0 Å². The number of rotatable bonds is 4. The molecule has 1 heterocycles. The first kappa shape index (κ1) is 14.2. The van der Waals surface area contributed by atoms with Gasteiger partial charge in [-0.1, -0.05) is 19.8 Å². The van der Waals surface area contributed by atoms with Crippen molar-refractivity contribution >= 4 is 10.2 Å². The molecule has 2 rings (SSSR count). The molecule has 1 saturated heterocycles. The Hall–Kier alpha value is -0.170. The van der Waals surface area contributed by atoms with E-state index in [1.165, 1.54) is 4.31 Å². The van der Waals surface area contributed by atoms with Crippen LogP contribution in [-0.2, 0) is 10.2 Å². The Morgan fingerprint density at radius 3 is 2.39 bits per heavy atom. The van der Waals surface area contributed by atoms with Crippen molar-refractivity contribution in [3.63, 3.8) is 0 Å². The molecule has 0 aromatic carbocycles. The molecule has 0 spiro atoms. The second kappa shape index (κ2) is 5.45. The molecule has 1 aliphatic heterocycles. The number of aliphatic hydroxyl groups is 1. The predicted molar refractivity (Wildman–Crippen MR) is 70.3 cm³/mol. The van der Waals surface area contributed by atoms with E-state index in [2.05, 4.69) is 11.6 Å². The third kappa shape index (κ3) is 3.44. The molecular formula is C12H24N2O3S. The summed E-state index contributed by atoms with van der Waals surface area (Å²) in [6, 6.07) is 0. The Balaban J connectivity index is 1.87. The van der Waals surface area contributed by atoms with E-state index < -0.39 is 15.8 Å². The molecule has 2 fully saturated rings. The zero-order chi connectivity index (χ0) is 13.2. The highest BCUT2D eigenvalue weighted by Gasteiger charge is 2.34. The molecule has 18 heavy (non-hydrogen) atoms. The summed E-state index contributed by atoms with van der Waals surface area (Å²) in [5, 5.41) is 10.1. The van der Waals surface area contributed by atoms with E-state index in [1.807, 2.05) is 0 Å². The van der Waals surface area contributed by atoms with Gasteiger partial charge in [0.25, 0.3) is 10.2 Å². The van der Waals surface area contributed by atoms with E-state index in [0.29, 0.717) is 31.8 Å².